The van der Waals surface area contributed by atoms with E-state index in [4.69, 9.17) is 10.5 Å². The summed E-state index contributed by atoms with van der Waals surface area (Å²) in [6.45, 7) is 4.86. The summed E-state index contributed by atoms with van der Waals surface area (Å²) < 4.78 is 5.57. The summed E-state index contributed by atoms with van der Waals surface area (Å²) in [5.74, 6) is 0. The van der Waals surface area contributed by atoms with Crippen molar-refractivity contribution in [3.05, 3.63) is 6.20 Å². The van der Waals surface area contributed by atoms with Gasteiger partial charge in [-0.1, -0.05) is 11.3 Å². The van der Waals surface area contributed by atoms with Gasteiger partial charge in [0.25, 0.3) is 0 Å². The van der Waals surface area contributed by atoms with Crippen molar-refractivity contribution in [2.24, 2.45) is 0 Å². The second-order valence-electron chi connectivity index (χ2n) is 3.53. The summed E-state index contributed by atoms with van der Waals surface area (Å²) in [6.07, 6.45) is 3.06. The molecule has 0 bridgehead atoms. The first-order valence-corrected chi connectivity index (χ1v) is 5.65. The van der Waals surface area contributed by atoms with Gasteiger partial charge >= 0.3 is 0 Å². The Bertz CT molecular complexity index is 302. The third-order valence-electron chi connectivity index (χ3n) is 2.23. The minimum absolute atomic E-state index is 0.280. The summed E-state index contributed by atoms with van der Waals surface area (Å²) in [7, 11) is 0. The molecule has 1 atom stereocenters. The van der Waals surface area contributed by atoms with Gasteiger partial charge in [0.1, 0.15) is 5.00 Å². The van der Waals surface area contributed by atoms with Crippen molar-refractivity contribution in [1.29, 1.82) is 0 Å². The Kier molecular flexibility index (Phi) is 2.88. The second-order valence-corrected chi connectivity index (χ2v) is 4.57. The highest BCUT2D eigenvalue weighted by Gasteiger charge is 2.17. The maximum absolute atomic E-state index is 5.66. The van der Waals surface area contributed by atoms with Gasteiger partial charge in [-0.05, 0) is 13.3 Å². The van der Waals surface area contributed by atoms with Crippen molar-refractivity contribution in [3.63, 3.8) is 0 Å². The molecule has 0 saturated carbocycles. The van der Waals surface area contributed by atoms with Crippen LogP contribution in [0.3, 0.4) is 0 Å². The lowest BCUT2D eigenvalue weighted by Crippen LogP contribution is -2.29. The number of nitrogens with zero attached hydrogens (tertiary/aromatic N) is 2. The van der Waals surface area contributed by atoms with Crippen molar-refractivity contribution in [2.45, 2.75) is 19.4 Å². The SMILES string of the molecule is CC1CN(c2ncc(N)s2)CCCO1. The van der Waals surface area contributed by atoms with Crippen LogP contribution >= 0.6 is 11.3 Å². The van der Waals surface area contributed by atoms with Crippen LogP contribution in [-0.2, 0) is 4.74 Å². The van der Waals surface area contributed by atoms with Crippen molar-refractivity contribution >= 4 is 21.5 Å². The van der Waals surface area contributed by atoms with Crippen LogP contribution in [0.5, 0.6) is 0 Å². The van der Waals surface area contributed by atoms with Gasteiger partial charge in [0.2, 0.25) is 0 Å². The Morgan fingerprint density at radius 3 is 3.29 bits per heavy atom. The zero-order chi connectivity index (χ0) is 9.97. The predicted molar refractivity (Wildman–Crippen MR) is 58.8 cm³/mol. The van der Waals surface area contributed by atoms with Crippen LogP contribution in [0, 0.1) is 0 Å². The van der Waals surface area contributed by atoms with Crippen molar-refractivity contribution in [2.75, 3.05) is 30.3 Å². The summed E-state index contributed by atoms with van der Waals surface area (Å²) >= 11 is 1.54. The van der Waals surface area contributed by atoms with E-state index in [0.29, 0.717) is 0 Å². The third kappa shape index (κ3) is 2.16. The molecule has 1 aliphatic rings. The average molecular weight is 213 g/mol. The van der Waals surface area contributed by atoms with Gasteiger partial charge < -0.3 is 15.4 Å². The second kappa shape index (κ2) is 4.14. The summed E-state index contributed by atoms with van der Waals surface area (Å²) in [5.41, 5.74) is 5.66. The number of ether oxygens (including phenoxy) is 1. The van der Waals surface area contributed by atoms with Gasteiger partial charge in [-0.25, -0.2) is 4.98 Å². The van der Waals surface area contributed by atoms with Gasteiger partial charge in [0.15, 0.2) is 5.13 Å². The van der Waals surface area contributed by atoms with E-state index in [1.54, 1.807) is 17.5 Å². The van der Waals surface area contributed by atoms with E-state index in [1.807, 2.05) is 0 Å². The number of anilines is 2. The average Bonchev–Trinajstić information content (AvgIpc) is 2.45. The van der Waals surface area contributed by atoms with Crippen LogP contribution in [0.15, 0.2) is 6.20 Å². The quantitative estimate of drug-likeness (QED) is 0.765. The molecular formula is C9H15N3OS. The molecule has 2 heterocycles. The zero-order valence-corrected chi connectivity index (χ0v) is 9.09. The largest absolute Gasteiger partial charge is 0.389 e. The Morgan fingerprint density at radius 1 is 1.71 bits per heavy atom. The number of aromatic nitrogens is 1. The summed E-state index contributed by atoms with van der Waals surface area (Å²) in [4.78, 5) is 6.53. The molecule has 0 aromatic carbocycles. The van der Waals surface area contributed by atoms with Crippen LogP contribution in [0.4, 0.5) is 10.1 Å². The van der Waals surface area contributed by atoms with Gasteiger partial charge in [0.05, 0.1) is 12.3 Å². The Balaban J connectivity index is 2.08. The molecule has 1 aliphatic heterocycles. The molecule has 1 unspecified atom stereocenters. The molecule has 1 fully saturated rings. The monoisotopic (exact) mass is 213 g/mol. The van der Waals surface area contributed by atoms with Crippen LogP contribution in [-0.4, -0.2) is 30.8 Å². The molecule has 14 heavy (non-hydrogen) atoms. The van der Waals surface area contributed by atoms with Crippen molar-refractivity contribution < 1.29 is 4.74 Å². The maximum atomic E-state index is 5.66. The fraction of sp³-hybridized carbons (Fsp3) is 0.667. The van der Waals surface area contributed by atoms with Gasteiger partial charge in [-0.2, -0.15) is 0 Å². The summed E-state index contributed by atoms with van der Waals surface area (Å²) in [6, 6.07) is 0. The van der Waals surface area contributed by atoms with E-state index < -0.39 is 0 Å². The first kappa shape index (κ1) is 9.73. The fourth-order valence-corrected chi connectivity index (χ4v) is 2.31. The number of nitrogen functional groups attached to an aromatic ring is 1. The Morgan fingerprint density at radius 2 is 2.57 bits per heavy atom. The lowest BCUT2D eigenvalue weighted by molar-refractivity contribution is 0.0821. The molecule has 78 valence electrons. The van der Waals surface area contributed by atoms with E-state index >= 15 is 0 Å². The number of nitrogens with two attached hydrogens (primary N) is 1. The maximum Gasteiger partial charge on any atom is 0.187 e. The topological polar surface area (TPSA) is 51.4 Å². The molecule has 2 N–H and O–H groups in total. The first-order valence-electron chi connectivity index (χ1n) is 4.83. The van der Waals surface area contributed by atoms with Crippen LogP contribution in [0.2, 0.25) is 0 Å². The molecule has 5 heteroatoms. The molecule has 0 radical (unpaired) electrons. The van der Waals surface area contributed by atoms with Crippen LogP contribution < -0.4 is 10.6 Å². The highest BCUT2D eigenvalue weighted by molar-refractivity contribution is 7.19. The fourth-order valence-electron chi connectivity index (χ4n) is 1.59. The number of thiazole rings is 1. The first-order chi connectivity index (χ1) is 6.75. The highest BCUT2D eigenvalue weighted by atomic mass is 32.1. The van der Waals surface area contributed by atoms with E-state index in [1.165, 1.54) is 0 Å². The molecule has 1 aromatic heterocycles. The van der Waals surface area contributed by atoms with Gasteiger partial charge in [-0.3, -0.25) is 0 Å². The molecule has 0 aliphatic carbocycles. The lowest BCUT2D eigenvalue weighted by atomic mass is 10.4. The van der Waals surface area contributed by atoms with Crippen LogP contribution in [0.25, 0.3) is 0 Å². The molecule has 2 rings (SSSR count). The van der Waals surface area contributed by atoms with E-state index in [9.17, 15) is 0 Å². The third-order valence-corrected chi connectivity index (χ3v) is 3.12. The van der Waals surface area contributed by atoms with Gasteiger partial charge in [-0.15, -0.1) is 0 Å². The number of rotatable bonds is 1. The molecule has 0 spiro atoms. The van der Waals surface area contributed by atoms with Crippen LogP contribution in [0.1, 0.15) is 13.3 Å². The minimum Gasteiger partial charge on any atom is -0.389 e. The Hall–Kier alpha value is -0.810. The van der Waals surface area contributed by atoms with E-state index in [0.717, 1.165) is 36.2 Å². The Labute approximate surface area is 87.7 Å². The molecule has 1 aromatic rings. The number of hydrogen-bond acceptors (Lipinski definition) is 5. The van der Waals surface area contributed by atoms with Crippen molar-refractivity contribution in [3.8, 4) is 0 Å². The molecule has 0 amide bonds. The highest BCUT2D eigenvalue weighted by Crippen LogP contribution is 2.25. The molecule has 4 nitrogen and oxygen atoms in total. The van der Waals surface area contributed by atoms with Gasteiger partial charge in [0, 0.05) is 19.7 Å². The zero-order valence-electron chi connectivity index (χ0n) is 8.27. The predicted octanol–water partition coefficient (Wildman–Crippen LogP) is 1.34. The molecule has 1 saturated heterocycles. The lowest BCUT2D eigenvalue weighted by Gasteiger charge is -2.20. The smallest absolute Gasteiger partial charge is 0.187 e. The van der Waals surface area contributed by atoms with E-state index in [2.05, 4.69) is 16.8 Å². The number of hydrogen-bond donors (Lipinski definition) is 1. The standard InChI is InChI=1S/C9H15N3OS/c1-7-6-12(3-2-4-13-7)9-11-5-8(10)14-9/h5,7H,2-4,6,10H2,1H3. The normalized spacial score (nSPS) is 23.5. The van der Waals surface area contributed by atoms with E-state index in [-0.39, 0.29) is 6.10 Å². The summed E-state index contributed by atoms with van der Waals surface area (Å²) in [5, 5.41) is 1.79. The molecular weight excluding hydrogens is 198 g/mol. The van der Waals surface area contributed by atoms with Crippen molar-refractivity contribution in [1.82, 2.24) is 4.98 Å². The minimum atomic E-state index is 0.280.